The van der Waals surface area contributed by atoms with E-state index in [4.69, 9.17) is 0 Å². The maximum Gasteiger partial charge on any atom is 0.0534 e. The summed E-state index contributed by atoms with van der Waals surface area (Å²) in [6, 6.07) is 27.4. The number of hydrogen-bond acceptors (Lipinski definition) is 0. The number of benzene rings is 4. The molecule has 8 aromatic rings. The van der Waals surface area contributed by atoms with Gasteiger partial charge in [-0.1, -0.05) is 12.1 Å². The molecule has 4 N–H and O–H groups in total. The van der Waals surface area contributed by atoms with Gasteiger partial charge in [-0.3, -0.25) is 0 Å². The van der Waals surface area contributed by atoms with Crippen LogP contribution in [0.1, 0.15) is 22.3 Å². The number of aromatic nitrogens is 4. The van der Waals surface area contributed by atoms with Crippen molar-refractivity contribution >= 4 is 43.6 Å². The lowest BCUT2D eigenvalue weighted by Gasteiger charge is -2.19. The van der Waals surface area contributed by atoms with Crippen molar-refractivity contribution in [1.29, 1.82) is 0 Å². The molecular formula is C34H24N4. The molecule has 0 fully saturated rings. The van der Waals surface area contributed by atoms with Gasteiger partial charge in [0, 0.05) is 68.5 Å². The van der Waals surface area contributed by atoms with E-state index >= 15 is 0 Å². The highest BCUT2D eigenvalue weighted by Crippen LogP contribution is 2.42. The van der Waals surface area contributed by atoms with Gasteiger partial charge >= 0.3 is 0 Å². The molecule has 4 heterocycles. The minimum Gasteiger partial charge on any atom is -0.361 e. The number of H-pyrrole nitrogens is 4. The fraction of sp³-hybridized carbons (Fsp3) is 0.0588. The summed E-state index contributed by atoms with van der Waals surface area (Å²) in [4.78, 5) is 14.0. The van der Waals surface area contributed by atoms with E-state index in [1.54, 1.807) is 0 Å². The third-order valence-corrected chi connectivity index (χ3v) is 8.41. The largest absolute Gasteiger partial charge is 0.361 e. The molecule has 0 aliphatic heterocycles. The second-order valence-corrected chi connectivity index (χ2v) is 10.6. The predicted molar refractivity (Wildman–Crippen MR) is 157 cm³/mol. The van der Waals surface area contributed by atoms with Crippen molar-refractivity contribution in [2.75, 3.05) is 0 Å². The van der Waals surface area contributed by atoms with Crippen LogP contribution in [-0.4, -0.2) is 19.9 Å². The summed E-state index contributed by atoms with van der Waals surface area (Å²) >= 11 is 0. The first kappa shape index (κ1) is 20.1. The zero-order valence-corrected chi connectivity index (χ0v) is 20.7. The Morgan fingerprint density at radius 1 is 0.447 bits per heavy atom. The Morgan fingerprint density at radius 2 is 0.947 bits per heavy atom. The summed E-state index contributed by atoms with van der Waals surface area (Å²) in [6.45, 7) is 0. The van der Waals surface area contributed by atoms with Crippen molar-refractivity contribution in [1.82, 2.24) is 19.9 Å². The second-order valence-electron chi connectivity index (χ2n) is 10.6. The lowest BCUT2D eigenvalue weighted by Crippen LogP contribution is -2.00. The van der Waals surface area contributed by atoms with E-state index < -0.39 is 0 Å². The molecular weight excluding hydrogens is 464 g/mol. The van der Waals surface area contributed by atoms with Crippen LogP contribution >= 0.6 is 0 Å². The first-order valence-electron chi connectivity index (χ1n) is 13.2. The molecule has 4 aromatic carbocycles. The zero-order valence-electron chi connectivity index (χ0n) is 20.7. The third-order valence-electron chi connectivity index (χ3n) is 8.41. The number of rotatable bonds is 0. The second kappa shape index (κ2) is 7.30. The van der Waals surface area contributed by atoms with Crippen LogP contribution in [0.25, 0.3) is 65.9 Å². The summed E-state index contributed by atoms with van der Waals surface area (Å²) in [5, 5.41) is 5.04. The number of aromatic amines is 4. The van der Waals surface area contributed by atoms with Crippen molar-refractivity contribution in [3.63, 3.8) is 0 Å². The van der Waals surface area contributed by atoms with Crippen LogP contribution in [-0.2, 0) is 12.8 Å². The van der Waals surface area contributed by atoms with E-state index in [2.05, 4.69) is 118 Å². The first-order valence-corrected chi connectivity index (χ1v) is 13.2. The van der Waals surface area contributed by atoms with E-state index in [0.29, 0.717) is 0 Å². The molecule has 4 aromatic heterocycles. The smallest absolute Gasteiger partial charge is 0.0534 e. The summed E-state index contributed by atoms with van der Waals surface area (Å²) in [5.74, 6) is 0. The predicted octanol–water partition coefficient (Wildman–Crippen LogP) is 8.44. The molecule has 4 nitrogen and oxygen atoms in total. The summed E-state index contributed by atoms with van der Waals surface area (Å²) in [6.07, 6.45) is 9.95. The van der Waals surface area contributed by atoms with E-state index in [9.17, 15) is 0 Å². The normalized spacial score (nSPS) is 13.1. The highest BCUT2D eigenvalue weighted by atomic mass is 14.7. The molecule has 1 aliphatic carbocycles. The van der Waals surface area contributed by atoms with Crippen molar-refractivity contribution in [2.45, 2.75) is 12.8 Å². The van der Waals surface area contributed by atoms with Crippen molar-refractivity contribution in [3.8, 4) is 22.3 Å². The van der Waals surface area contributed by atoms with Crippen LogP contribution in [0.4, 0.5) is 0 Å². The molecule has 1 aliphatic rings. The first-order chi connectivity index (χ1) is 18.8. The van der Waals surface area contributed by atoms with Gasteiger partial charge in [0.1, 0.15) is 0 Å². The van der Waals surface area contributed by atoms with Crippen LogP contribution in [0, 0.1) is 0 Å². The van der Waals surface area contributed by atoms with Gasteiger partial charge in [-0.05, 0) is 107 Å². The Labute approximate surface area is 218 Å². The fourth-order valence-corrected chi connectivity index (χ4v) is 6.79. The maximum absolute atomic E-state index is 3.56. The molecule has 0 atom stereocenters. The number of fused-ring (bicyclic) bond motifs is 16. The van der Waals surface area contributed by atoms with Gasteiger partial charge in [0.05, 0.1) is 11.0 Å². The SMILES string of the molecule is c1cc2c3c(ccc2[nH]1)Cc1ccc2[nH]ccc2c1-c1cc(cc2cc[nH]c12)Cc1cc-3c2[nH]ccc2c1. The summed E-state index contributed by atoms with van der Waals surface area (Å²) in [7, 11) is 0. The van der Waals surface area contributed by atoms with Gasteiger partial charge in [0.15, 0.2) is 0 Å². The van der Waals surface area contributed by atoms with Crippen LogP contribution in [0.3, 0.4) is 0 Å². The Hall–Kier alpha value is -4.96. The topological polar surface area (TPSA) is 63.2 Å². The van der Waals surface area contributed by atoms with Crippen molar-refractivity contribution in [2.24, 2.45) is 0 Å². The molecule has 38 heavy (non-hydrogen) atoms. The molecule has 180 valence electrons. The van der Waals surface area contributed by atoms with Gasteiger partial charge in [-0.15, -0.1) is 0 Å². The van der Waals surface area contributed by atoms with E-state index in [1.807, 2.05) is 0 Å². The average molecular weight is 489 g/mol. The molecule has 9 rings (SSSR count). The number of hydrogen-bond donors (Lipinski definition) is 4. The van der Waals surface area contributed by atoms with Crippen molar-refractivity contribution < 1.29 is 0 Å². The Kier molecular flexibility index (Phi) is 3.87. The minimum atomic E-state index is 0.839. The van der Waals surface area contributed by atoms with Crippen LogP contribution in [0.2, 0.25) is 0 Å². The maximum atomic E-state index is 3.56. The van der Waals surface area contributed by atoms with E-state index in [0.717, 1.165) is 12.8 Å². The van der Waals surface area contributed by atoms with Crippen LogP contribution < -0.4 is 0 Å². The molecule has 4 bridgehead atoms. The standard InChI is InChI=1S/C34H24N4/c1-3-29-25(7-11-35-29)31-21(1)18-22-2-4-30-26(8-12-36-30)32(22)28-17-20(15-24-6-10-38-34(24)28)13-19-14-23-5-9-37-33(23)27(31)16-19/h1-12,14-17,35-38H,13,18H2. The summed E-state index contributed by atoms with van der Waals surface area (Å²) in [5.41, 5.74) is 15.2. The monoisotopic (exact) mass is 488 g/mol. The Morgan fingerprint density at radius 3 is 1.47 bits per heavy atom. The third kappa shape index (κ3) is 2.74. The van der Waals surface area contributed by atoms with E-state index in [1.165, 1.54) is 88.1 Å². The lowest BCUT2D eigenvalue weighted by atomic mass is 9.85. The molecule has 0 saturated heterocycles. The van der Waals surface area contributed by atoms with Gasteiger partial charge < -0.3 is 19.9 Å². The van der Waals surface area contributed by atoms with Crippen molar-refractivity contribution in [3.05, 3.63) is 120 Å². The van der Waals surface area contributed by atoms with Gasteiger partial charge in [0.25, 0.3) is 0 Å². The molecule has 0 spiro atoms. The average Bonchev–Trinajstić information content (AvgIpc) is 3.73. The van der Waals surface area contributed by atoms with Gasteiger partial charge in [0.2, 0.25) is 0 Å². The Bertz CT molecular complexity index is 2040. The molecule has 4 heteroatoms. The fourth-order valence-electron chi connectivity index (χ4n) is 6.79. The van der Waals surface area contributed by atoms with Crippen LogP contribution in [0.5, 0.6) is 0 Å². The number of nitrogens with one attached hydrogen (secondary N) is 4. The Balaban J connectivity index is 1.46. The van der Waals surface area contributed by atoms with E-state index in [-0.39, 0.29) is 0 Å². The quantitative estimate of drug-likeness (QED) is 0.165. The van der Waals surface area contributed by atoms with Gasteiger partial charge in [-0.2, -0.15) is 0 Å². The molecule has 0 saturated carbocycles. The lowest BCUT2D eigenvalue weighted by molar-refractivity contribution is 1.18. The highest BCUT2D eigenvalue weighted by molar-refractivity contribution is 6.07. The van der Waals surface area contributed by atoms with Gasteiger partial charge in [-0.25, -0.2) is 0 Å². The summed E-state index contributed by atoms with van der Waals surface area (Å²) < 4.78 is 0. The molecule has 0 amide bonds. The highest BCUT2D eigenvalue weighted by Gasteiger charge is 2.21. The van der Waals surface area contributed by atoms with Crippen LogP contribution in [0.15, 0.2) is 97.6 Å². The molecule has 0 unspecified atom stereocenters. The molecule has 0 radical (unpaired) electrons. The zero-order chi connectivity index (χ0) is 24.8. The minimum absolute atomic E-state index is 0.839.